The van der Waals surface area contributed by atoms with Gasteiger partial charge in [0.25, 0.3) is 0 Å². The Morgan fingerprint density at radius 1 is 1.06 bits per heavy atom. The quantitative estimate of drug-likeness (QED) is 0.500. The number of halogens is 4. The normalized spacial score (nSPS) is 21.7. The number of benzene rings is 1. The SMILES string of the molecule is O=C(NCc1cc(-c2ccc(C(F)(F)F)nc2)ncn1)[C@@H]1CC2CC2N1S(=O)(=O)c1ccc(F)cc1. The van der Waals surface area contributed by atoms with Crippen molar-refractivity contribution in [3.05, 3.63) is 72.2 Å². The monoisotopic (exact) mass is 521 g/mol. The molecule has 3 aromatic rings. The number of carbonyl (C=O) groups excluding carboxylic acids is 1. The van der Waals surface area contributed by atoms with E-state index >= 15 is 0 Å². The highest BCUT2D eigenvalue weighted by molar-refractivity contribution is 7.89. The highest BCUT2D eigenvalue weighted by Gasteiger charge is 2.58. The van der Waals surface area contributed by atoms with Gasteiger partial charge in [-0.25, -0.2) is 22.8 Å². The van der Waals surface area contributed by atoms with Crippen molar-refractivity contribution in [1.29, 1.82) is 0 Å². The van der Waals surface area contributed by atoms with Crippen LogP contribution in [0.25, 0.3) is 11.3 Å². The molecule has 1 amide bonds. The molecule has 1 N–H and O–H groups in total. The van der Waals surface area contributed by atoms with Crippen LogP contribution in [0, 0.1) is 11.7 Å². The maximum absolute atomic E-state index is 13.3. The lowest BCUT2D eigenvalue weighted by atomic mass is 10.1. The number of amides is 1. The summed E-state index contributed by atoms with van der Waals surface area (Å²) in [6.07, 6.45) is -1.25. The van der Waals surface area contributed by atoms with Gasteiger partial charge in [-0.2, -0.15) is 17.5 Å². The number of hydrogen-bond acceptors (Lipinski definition) is 6. The molecule has 1 aliphatic carbocycles. The van der Waals surface area contributed by atoms with Gasteiger partial charge in [-0.15, -0.1) is 0 Å². The molecule has 5 rings (SSSR count). The summed E-state index contributed by atoms with van der Waals surface area (Å²) in [6.45, 7) is -0.0430. The minimum Gasteiger partial charge on any atom is -0.349 e. The van der Waals surface area contributed by atoms with Crippen molar-refractivity contribution in [3.8, 4) is 11.3 Å². The molecular weight excluding hydrogens is 502 g/mol. The maximum Gasteiger partial charge on any atom is 0.433 e. The average molecular weight is 521 g/mol. The van der Waals surface area contributed by atoms with E-state index in [-0.39, 0.29) is 23.4 Å². The van der Waals surface area contributed by atoms with Gasteiger partial charge >= 0.3 is 6.18 Å². The minimum atomic E-state index is -4.56. The minimum absolute atomic E-state index is 0.0430. The number of fused-ring (bicyclic) bond motifs is 1. The maximum atomic E-state index is 13.3. The highest BCUT2D eigenvalue weighted by Crippen LogP contribution is 2.50. The van der Waals surface area contributed by atoms with Crippen LogP contribution >= 0.6 is 0 Å². The van der Waals surface area contributed by atoms with Gasteiger partial charge in [-0.05, 0) is 61.2 Å². The fourth-order valence-corrected chi connectivity index (χ4v) is 6.23. The summed E-state index contributed by atoms with van der Waals surface area (Å²) in [4.78, 5) is 24.4. The van der Waals surface area contributed by atoms with Crippen LogP contribution in [0.1, 0.15) is 24.2 Å². The molecule has 0 spiro atoms. The van der Waals surface area contributed by atoms with Crippen LogP contribution in [0.15, 0.2) is 59.9 Å². The first kappa shape index (κ1) is 24.3. The number of alkyl halides is 3. The van der Waals surface area contributed by atoms with Crippen LogP contribution < -0.4 is 5.32 Å². The molecule has 1 aromatic carbocycles. The van der Waals surface area contributed by atoms with E-state index in [1.54, 1.807) is 0 Å². The van der Waals surface area contributed by atoms with E-state index in [0.717, 1.165) is 24.4 Å². The Balaban J connectivity index is 1.28. The molecule has 0 bridgehead atoms. The Kier molecular flexibility index (Phi) is 5.99. The zero-order valence-corrected chi connectivity index (χ0v) is 19.3. The van der Waals surface area contributed by atoms with E-state index in [0.29, 0.717) is 29.8 Å². The number of pyridine rings is 1. The molecule has 3 atom stereocenters. The predicted octanol–water partition coefficient (Wildman–Crippen LogP) is 3.16. The predicted molar refractivity (Wildman–Crippen MR) is 118 cm³/mol. The van der Waals surface area contributed by atoms with Crippen LogP contribution in [0.2, 0.25) is 0 Å². The van der Waals surface area contributed by atoms with Crippen molar-refractivity contribution < 1.29 is 30.8 Å². The van der Waals surface area contributed by atoms with Crippen LogP contribution in [-0.2, 0) is 27.5 Å². The standard InChI is InChI=1S/C23H19F4N5O3S/c24-15-2-4-17(5-3-15)36(34,35)32-19-7-14(19)8-20(32)22(33)29-11-16-9-18(31-12-30-16)13-1-6-21(28-10-13)23(25,26)27/h1-6,9-10,12,14,19-20H,7-8,11H2,(H,29,33)/t14?,19?,20-/m0/s1. The lowest BCUT2D eigenvalue weighted by Gasteiger charge is -2.26. The number of nitrogens with one attached hydrogen (secondary N) is 1. The van der Waals surface area contributed by atoms with Gasteiger partial charge in [-0.1, -0.05) is 0 Å². The molecular formula is C23H19F4N5O3S. The number of carbonyl (C=O) groups is 1. The van der Waals surface area contributed by atoms with Crippen molar-refractivity contribution in [2.45, 2.75) is 42.5 Å². The Morgan fingerprint density at radius 2 is 1.81 bits per heavy atom. The summed E-state index contributed by atoms with van der Waals surface area (Å²) < 4.78 is 79.1. The van der Waals surface area contributed by atoms with E-state index in [2.05, 4.69) is 20.3 Å². The first-order chi connectivity index (χ1) is 17.0. The van der Waals surface area contributed by atoms with Crippen LogP contribution in [0.4, 0.5) is 17.6 Å². The average Bonchev–Trinajstić information content (AvgIpc) is 3.50. The Hall–Kier alpha value is -3.45. The fourth-order valence-electron chi connectivity index (χ4n) is 4.38. The van der Waals surface area contributed by atoms with Crippen LogP contribution in [0.3, 0.4) is 0 Å². The number of hydrogen-bond donors (Lipinski definition) is 1. The van der Waals surface area contributed by atoms with Gasteiger partial charge in [-0.3, -0.25) is 9.78 Å². The molecule has 2 unspecified atom stereocenters. The molecule has 36 heavy (non-hydrogen) atoms. The number of rotatable bonds is 6. The largest absolute Gasteiger partial charge is 0.433 e. The molecule has 2 aliphatic rings. The summed E-state index contributed by atoms with van der Waals surface area (Å²) >= 11 is 0. The number of nitrogens with zero attached hydrogens (tertiary/aromatic N) is 4. The second-order valence-electron chi connectivity index (χ2n) is 8.65. The van der Waals surface area contributed by atoms with Crippen molar-refractivity contribution in [1.82, 2.24) is 24.6 Å². The summed E-state index contributed by atoms with van der Waals surface area (Å²) in [6, 6.07) is 6.87. The summed E-state index contributed by atoms with van der Waals surface area (Å²) in [7, 11) is -4.00. The summed E-state index contributed by atoms with van der Waals surface area (Å²) in [5.41, 5.74) is 0.00965. The smallest absolute Gasteiger partial charge is 0.349 e. The lowest BCUT2D eigenvalue weighted by Crippen LogP contribution is -2.47. The van der Waals surface area contributed by atoms with E-state index in [9.17, 15) is 30.8 Å². The van der Waals surface area contributed by atoms with E-state index in [4.69, 9.17) is 0 Å². The van der Waals surface area contributed by atoms with Gasteiger partial charge < -0.3 is 5.32 Å². The zero-order chi connectivity index (χ0) is 25.7. The fraction of sp³-hybridized carbons (Fsp3) is 0.304. The highest BCUT2D eigenvalue weighted by atomic mass is 32.2. The molecule has 1 aliphatic heterocycles. The van der Waals surface area contributed by atoms with E-state index in [1.165, 1.54) is 34.9 Å². The number of piperidine rings is 1. The van der Waals surface area contributed by atoms with Gasteiger partial charge in [0, 0.05) is 17.8 Å². The first-order valence-electron chi connectivity index (χ1n) is 11.0. The first-order valence-corrected chi connectivity index (χ1v) is 12.4. The second-order valence-corrected chi connectivity index (χ2v) is 10.5. The third-order valence-electron chi connectivity index (χ3n) is 6.25. The van der Waals surface area contributed by atoms with E-state index in [1.807, 2.05) is 0 Å². The lowest BCUT2D eigenvalue weighted by molar-refractivity contribution is -0.141. The van der Waals surface area contributed by atoms with Gasteiger partial charge in [0.2, 0.25) is 15.9 Å². The zero-order valence-electron chi connectivity index (χ0n) is 18.5. The summed E-state index contributed by atoms with van der Waals surface area (Å²) in [5, 5.41) is 2.69. The molecule has 1 saturated carbocycles. The van der Waals surface area contributed by atoms with Crippen molar-refractivity contribution in [3.63, 3.8) is 0 Å². The van der Waals surface area contributed by atoms with E-state index < -0.39 is 39.7 Å². The second kappa shape index (κ2) is 8.89. The van der Waals surface area contributed by atoms with Crippen LogP contribution in [-0.4, -0.2) is 45.7 Å². The van der Waals surface area contributed by atoms with Gasteiger partial charge in [0.05, 0.1) is 22.8 Å². The Morgan fingerprint density at radius 3 is 2.47 bits per heavy atom. The molecule has 2 fully saturated rings. The van der Waals surface area contributed by atoms with Crippen molar-refractivity contribution >= 4 is 15.9 Å². The van der Waals surface area contributed by atoms with Crippen molar-refractivity contribution in [2.75, 3.05) is 0 Å². The number of sulfonamides is 1. The Labute approximate surface area is 203 Å². The molecule has 188 valence electrons. The Bertz CT molecular complexity index is 1400. The topological polar surface area (TPSA) is 105 Å². The van der Waals surface area contributed by atoms with Gasteiger partial charge in [0.1, 0.15) is 23.9 Å². The molecule has 1 saturated heterocycles. The van der Waals surface area contributed by atoms with Gasteiger partial charge in [0.15, 0.2) is 0 Å². The van der Waals surface area contributed by atoms with Crippen LogP contribution in [0.5, 0.6) is 0 Å². The third kappa shape index (κ3) is 4.67. The summed E-state index contributed by atoms with van der Waals surface area (Å²) in [5.74, 6) is -0.969. The third-order valence-corrected chi connectivity index (χ3v) is 8.20. The molecule has 2 aromatic heterocycles. The molecule has 0 radical (unpaired) electrons. The van der Waals surface area contributed by atoms with Crippen molar-refractivity contribution in [2.24, 2.45) is 5.92 Å². The number of aromatic nitrogens is 3. The molecule has 13 heteroatoms. The molecule has 8 nitrogen and oxygen atoms in total. The molecule has 3 heterocycles.